The number of nitrogens with zero attached hydrogens (tertiary/aromatic N) is 4. The summed E-state index contributed by atoms with van der Waals surface area (Å²) in [6.07, 6.45) is 1.14. The van der Waals surface area contributed by atoms with E-state index in [1.54, 1.807) is 31.2 Å². The van der Waals surface area contributed by atoms with Gasteiger partial charge < -0.3 is 19.4 Å². The molecule has 0 radical (unpaired) electrons. The van der Waals surface area contributed by atoms with Crippen molar-refractivity contribution in [3.05, 3.63) is 65.2 Å². The summed E-state index contributed by atoms with van der Waals surface area (Å²) in [7, 11) is 0. The van der Waals surface area contributed by atoms with Crippen molar-refractivity contribution in [3.63, 3.8) is 0 Å². The van der Waals surface area contributed by atoms with Crippen molar-refractivity contribution in [1.29, 1.82) is 5.26 Å². The summed E-state index contributed by atoms with van der Waals surface area (Å²) >= 11 is 0. The molecule has 3 aromatic rings. The van der Waals surface area contributed by atoms with E-state index < -0.39 is 24.3 Å². The summed E-state index contributed by atoms with van der Waals surface area (Å²) in [5, 5.41) is 20.7. The molecule has 4 rings (SSSR count). The van der Waals surface area contributed by atoms with Crippen molar-refractivity contribution in [2.45, 2.75) is 45.3 Å². The van der Waals surface area contributed by atoms with Crippen molar-refractivity contribution in [2.24, 2.45) is 0 Å². The largest absolute Gasteiger partial charge is 0.490 e. The normalized spacial score (nSPS) is 13.7. The van der Waals surface area contributed by atoms with E-state index in [1.807, 2.05) is 4.57 Å². The molecule has 0 aliphatic carbocycles. The number of nitriles is 1. The highest BCUT2D eigenvalue weighted by atomic mass is 19.4. The monoisotopic (exact) mass is 525 g/mol. The van der Waals surface area contributed by atoms with E-state index in [0.29, 0.717) is 29.3 Å². The Morgan fingerprint density at radius 2 is 1.97 bits per heavy atom. The predicted octanol–water partition coefficient (Wildman–Crippen LogP) is 5.50. The van der Waals surface area contributed by atoms with Gasteiger partial charge in [0.1, 0.15) is 11.9 Å². The molecule has 1 aliphatic heterocycles. The zero-order valence-corrected chi connectivity index (χ0v) is 20.7. The Morgan fingerprint density at radius 1 is 1.13 bits per heavy atom. The van der Waals surface area contributed by atoms with Crippen LogP contribution >= 0.6 is 0 Å². The Labute approximate surface area is 217 Å². The lowest BCUT2D eigenvalue weighted by Crippen LogP contribution is -2.20. The van der Waals surface area contributed by atoms with Gasteiger partial charge in [0.15, 0.2) is 23.9 Å². The van der Waals surface area contributed by atoms with Gasteiger partial charge in [-0.15, -0.1) is 10.2 Å². The van der Waals surface area contributed by atoms with E-state index in [0.717, 1.165) is 50.2 Å². The smallest absolute Gasteiger partial charge is 0.416 e. The van der Waals surface area contributed by atoms with E-state index >= 15 is 0 Å². The molecule has 0 spiro atoms. The Kier molecular flexibility index (Phi) is 8.31. The minimum atomic E-state index is -4.52. The van der Waals surface area contributed by atoms with Crippen LogP contribution in [0.1, 0.15) is 49.0 Å². The number of hydrogen-bond acceptors (Lipinski definition) is 6. The third-order valence-corrected chi connectivity index (χ3v) is 5.88. The van der Waals surface area contributed by atoms with Crippen molar-refractivity contribution in [1.82, 2.24) is 14.8 Å². The van der Waals surface area contributed by atoms with Gasteiger partial charge >= 0.3 is 6.18 Å². The number of ether oxygens (including phenoxy) is 2. The average Bonchev–Trinajstić information content (AvgIpc) is 3.14. The Hall–Kier alpha value is -4.33. The fourth-order valence-corrected chi connectivity index (χ4v) is 4.11. The van der Waals surface area contributed by atoms with Crippen molar-refractivity contribution >= 4 is 23.2 Å². The number of halogens is 3. The molecule has 1 N–H and O–H groups in total. The molecule has 0 bridgehead atoms. The Bertz CT molecular complexity index is 1380. The van der Waals surface area contributed by atoms with Crippen LogP contribution in [0.25, 0.3) is 11.6 Å². The first kappa shape index (κ1) is 26.7. The molecule has 8 nitrogen and oxygen atoms in total. The number of hydrogen-bond donors (Lipinski definition) is 1. The minimum absolute atomic E-state index is 0.00865. The highest BCUT2D eigenvalue weighted by Crippen LogP contribution is 2.32. The van der Waals surface area contributed by atoms with Gasteiger partial charge in [0.2, 0.25) is 0 Å². The topological polar surface area (TPSA) is 102 Å². The first-order chi connectivity index (χ1) is 18.3. The van der Waals surface area contributed by atoms with Gasteiger partial charge in [0.25, 0.3) is 5.91 Å². The van der Waals surface area contributed by atoms with Crippen molar-refractivity contribution in [2.75, 3.05) is 18.5 Å². The maximum Gasteiger partial charge on any atom is 0.416 e. The molecule has 1 aromatic heterocycles. The van der Waals surface area contributed by atoms with Gasteiger partial charge in [-0.25, -0.2) is 0 Å². The highest BCUT2D eigenvalue weighted by molar-refractivity contribution is 5.92. The van der Waals surface area contributed by atoms with Crippen LogP contribution in [0.15, 0.2) is 42.5 Å². The lowest BCUT2D eigenvalue weighted by atomic mass is 10.1. The van der Waals surface area contributed by atoms with Crippen LogP contribution in [0.2, 0.25) is 0 Å². The number of rotatable bonds is 8. The molecule has 2 heterocycles. The molecule has 0 unspecified atom stereocenters. The van der Waals surface area contributed by atoms with Crippen LogP contribution in [0, 0.1) is 11.3 Å². The van der Waals surface area contributed by atoms with Crippen molar-refractivity contribution in [3.8, 4) is 17.6 Å². The standard InChI is InChI=1S/C27H26F3N5O3/c1-2-37-23-14-18(13-19(16-31)26-34-33-24-9-4-3-5-12-35(24)26)10-11-22(23)38-17-25(36)32-21-8-6-7-20(15-21)27(28,29)30/h6-8,10-11,13-15H,2-5,9,12,17H2,1H3,(H,32,36)/b19-13+. The van der Waals surface area contributed by atoms with Crippen LogP contribution in [0.4, 0.5) is 18.9 Å². The number of aryl methyl sites for hydroxylation is 1. The second-order valence-corrected chi connectivity index (χ2v) is 8.63. The minimum Gasteiger partial charge on any atom is -0.490 e. The van der Waals surface area contributed by atoms with Crippen LogP contribution in [0.5, 0.6) is 11.5 Å². The highest BCUT2D eigenvalue weighted by Gasteiger charge is 2.30. The van der Waals surface area contributed by atoms with Gasteiger partial charge in [0.05, 0.1) is 17.7 Å². The van der Waals surface area contributed by atoms with Crippen LogP contribution in [0.3, 0.4) is 0 Å². The number of aromatic nitrogens is 3. The summed E-state index contributed by atoms with van der Waals surface area (Å²) in [4.78, 5) is 12.3. The molecular formula is C27H26F3N5O3. The summed E-state index contributed by atoms with van der Waals surface area (Å²) in [6, 6.07) is 11.6. The first-order valence-corrected chi connectivity index (χ1v) is 12.2. The number of benzene rings is 2. The van der Waals surface area contributed by atoms with E-state index in [2.05, 4.69) is 21.6 Å². The Balaban J connectivity index is 1.48. The number of amides is 1. The quantitative estimate of drug-likeness (QED) is 0.390. The first-order valence-electron chi connectivity index (χ1n) is 12.2. The van der Waals surface area contributed by atoms with Crippen LogP contribution < -0.4 is 14.8 Å². The third-order valence-electron chi connectivity index (χ3n) is 5.88. The number of allylic oxidation sites excluding steroid dienone is 1. The fraction of sp³-hybridized carbons (Fsp3) is 0.333. The molecule has 0 saturated carbocycles. The second-order valence-electron chi connectivity index (χ2n) is 8.63. The predicted molar refractivity (Wildman–Crippen MR) is 134 cm³/mol. The summed E-state index contributed by atoms with van der Waals surface area (Å²) in [6.45, 7) is 2.43. The van der Waals surface area contributed by atoms with E-state index in [1.165, 1.54) is 12.1 Å². The third kappa shape index (κ3) is 6.51. The molecule has 11 heteroatoms. The van der Waals surface area contributed by atoms with Crippen LogP contribution in [-0.2, 0) is 23.9 Å². The molecule has 1 amide bonds. The lowest BCUT2D eigenvalue weighted by Gasteiger charge is -2.13. The number of anilines is 1. The number of alkyl halides is 3. The number of carbonyl (C=O) groups excluding carboxylic acids is 1. The maximum atomic E-state index is 12.9. The molecule has 0 fully saturated rings. The molecule has 0 saturated heterocycles. The van der Waals surface area contributed by atoms with E-state index in [-0.39, 0.29) is 11.4 Å². The SMILES string of the molecule is CCOc1cc(/C=C(\C#N)c2nnc3n2CCCCC3)ccc1OCC(=O)Nc1cccc(C(F)(F)F)c1. The van der Waals surface area contributed by atoms with E-state index in [9.17, 15) is 23.2 Å². The number of fused-ring (bicyclic) bond motifs is 1. The van der Waals surface area contributed by atoms with Gasteiger partial charge in [0, 0.05) is 18.7 Å². The van der Waals surface area contributed by atoms with Gasteiger partial charge in [-0.05, 0) is 61.7 Å². The summed E-state index contributed by atoms with van der Waals surface area (Å²) in [5.74, 6) is 1.40. The zero-order chi connectivity index (χ0) is 27.1. The lowest BCUT2D eigenvalue weighted by molar-refractivity contribution is -0.137. The number of nitrogens with one attached hydrogen (secondary N) is 1. The second kappa shape index (κ2) is 11.8. The molecule has 38 heavy (non-hydrogen) atoms. The molecule has 2 aromatic carbocycles. The van der Waals surface area contributed by atoms with Crippen LogP contribution in [-0.4, -0.2) is 33.9 Å². The van der Waals surface area contributed by atoms with Gasteiger partial charge in [-0.2, -0.15) is 18.4 Å². The van der Waals surface area contributed by atoms with E-state index in [4.69, 9.17) is 9.47 Å². The molecule has 198 valence electrons. The Morgan fingerprint density at radius 3 is 2.74 bits per heavy atom. The zero-order valence-electron chi connectivity index (χ0n) is 20.7. The van der Waals surface area contributed by atoms with Gasteiger partial charge in [-0.3, -0.25) is 4.79 Å². The molecular weight excluding hydrogens is 499 g/mol. The summed E-state index contributed by atoms with van der Waals surface area (Å²) in [5.41, 5.74) is 0.172. The molecule has 1 aliphatic rings. The maximum absolute atomic E-state index is 12.9. The average molecular weight is 526 g/mol. The fourth-order valence-electron chi connectivity index (χ4n) is 4.11. The van der Waals surface area contributed by atoms with Crippen molar-refractivity contribution < 1.29 is 27.4 Å². The van der Waals surface area contributed by atoms with Gasteiger partial charge in [-0.1, -0.05) is 18.6 Å². The number of carbonyl (C=O) groups is 1. The molecule has 0 atom stereocenters. The summed E-state index contributed by atoms with van der Waals surface area (Å²) < 4.78 is 52.0.